The lowest BCUT2D eigenvalue weighted by molar-refractivity contribution is -0.137. The highest BCUT2D eigenvalue weighted by Crippen LogP contribution is 2.29. The van der Waals surface area contributed by atoms with E-state index in [4.69, 9.17) is 0 Å². The van der Waals surface area contributed by atoms with E-state index in [0.717, 1.165) is 17.7 Å². The monoisotopic (exact) mass is 625 g/mol. The first kappa shape index (κ1) is 32.4. The highest BCUT2D eigenvalue weighted by molar-refractivity contribution is 7.91. The highest BCUT2D eigenvalue weighted by Gasteiger charge is 2.31. The molecule has 0 saturated carbocycles. The second-order valence-corrected chi connectivity index (χ2v) is 12.4. The van der Waals surface area contributed by atoms with Crippen LogP contribution >= 0.6 is 0 Å². The molecule has 0 aliphatic carbocycles. The summed E-state index contributed by atoms with van der Waals surface area (Å²) in [6.07, 6.45) is -4.42. The fourth-order valence-electron chi connectivity index (χ4n) is 4.86. The van der Waals surface area contributed by atoms with Crippen molar-refractivity contribution in [1.82, 2.24) is 10.2 Å². The molecule has 1 heterocycles. The summed E-state index contributed by atoms with van der Waals surface area (Å²) < 4.78 is 93.0. The second kappa shape index (κ2) is 13.8. The van der Waals surface area contributed by atoms with Crippen LogP contribution in [0, 0.1) is 0 Å². The topological polar surface area (TPSA) is 79.0 Å². The number of piperazine rings is 1. The Morgan fingerprint density at radius 1 is 0.953 bits per heavy atom. The summed E-state index contributed by atoms with van der Waals surface area (Å²) in [4.78, 5) is 16.8. The average Bonchev–Trinajstić information content (AvgIpc) is 2.99. The number of alkyl halides is 5. The minimum absolute atomic E-state index is 0.00249. The van der Waals surface area contributed by atoms with E-state index in [2.05, 4.69) is 10.1 Å². The van der Waals surface area contributed by atoms with Gasteiger partial charge in [-0.2, -0.15) is 22.0 Å². The van der Waals surface area contributed by atoms with Crippen LogP contribution in [0.4, 0.5) is 27.6 Å². The molecule has 0 radical (unpaired) electrons. The number of ether oxygens (including phenoxy) is 1. The molecule has 1 unspecified atom stereocenters. The van der Waals surface area contributed by atoms with Gasteiger partial charge in [0.25, 0.3) is 5.91 Å². The summed E-state index contributed by atoms with van der Waals surface area (Å²) in [7, 11) is -3.31. The molecule has 0 spiro atoms. The van der Waals surface area contributed by atoms with E-state index < -0.39 is 34.2 Å². The minimum Gasteiger partial charge on any atom is -0.364 e. The molecular weight excluding hydrogens is 593 g/mol. The fraction of sp³-hybridized carbons (Fsp3) is 0.367. The Kier molecular flexibility index (Phi) is 10.4. The Hall–Kier alpha value is -3.55. The summed E-state index contributed by atoms with van der Waals surface area (Å²) >= 11 is 0. The Bertz CT molecular complexity index is 1470. The van der Waals surface area contributed by atoms with Gasteiger partial charge in [-0.3, -0.25) is 9.69 Å². The van der Waals surface area contributed by atoms with Gasteiger partial charge in [0.1, 0.15) is 0 Å². The predicted molar refractivity (Wildman–Crippen MR) is 152 cm³/mol. The number of halogens is 5. The van der Waals surface area contributed by atoms with Crippen LogP contribution in [0.2, 0.25) is 0 Å². The number of amides is 1. The van der Waals surface area contributed by atoms with Crippen molar-refractivity contribution < 1.29 is 39.9 Å². The maximum atomic E-state index is 12.9. The summed E-state index contributed by atoms with van der Waals surface area (Å²) in [6, 6.07) is 17.4. The number of nitrogens with one attached hydrogen (secondary N) is 1. The van der Waals surface area contributed by atoms with Crippen molar-refractivity contribution in [3.05, 3.63) is 95.1 Å². The van der Waals surface area contributed by atoms with Gasteiger partial charge in [0.15, 0.2) is 9.84 Å². The Morgan fingerprint density at radius 3 is 2.16 bits per heavy atom. The van der Waals surface area contributed by atoms with Crippen molar-refractivity contribution >= 4 is 21.4 Å². The zero-order valence-electron chi connectivity index (χ0n) is 23.4. The molecule has 1 saturated heterocycles. The Labute approximate surface area is 247 Å². The van der Waals surface area contributed by atoms with Gasteiger partial charge in [0, 0.05) is 44.0 Å². The van der Waals surface area contributed by atoms with Crippen LogP contribution in [0.3, 0.4) is 0 Å². The summed E-state index contributed by atoms with van der Waals surface area (Å²) in [5.74, 6) is -0.340. The molecule has 1 amide bonds. The van der Waals surface area contributed by atoms with E-state index in [1.165, 1.54) is 24.3 Å². The number of sulfone groups is 1. The molecule has 4 rings (SSSR count). The fourth-order valence-corrected chi connectivity index (χ4v) is 5.74. The maximum Gasteiger partial charge on any atom is 0.416 e. The van der Waals surface area contributed by atoms with Gasteiger partial charge >= 0.3 is 12.8 Å². The lowest BCUT2D eigenvalue weighted by Crippen LogP contribution is -2.55. The molecule has 0 bridgehead atoms. The number of benzene rings is 3. The third-order valence-corrected chi connectivity index (χ3v) is 9.00. The van der Waals surface area contributed by atoms with Crippen LogP contribution < -0.4 is 10.2 Å². The molecule has 1 aliphatic rings. The number of nitrogens with zero attached hydrogens (tertiary/aromatic N) is 2. The van der Waals surface area contributed by atoms with Crippen LogP contribution in [0.25, 0.3) is 0 Å². The molecule has 1 aliphatic heterocycles. The largest absolute Gasteiger partial charge is 0.416 e. The first-order valence-electron chi connectivity index (χ1n) is 13.6. The van der Waals surface area contributed by atoms with E-state index >= 15 is 0 Å². The summed E-state index contributed by atoms with van der Waals surface area (Å²) in [5.41, 5.74) is 1.76. The second-order valence-electron chi connectivity index (χ2n) is 10.1. The zero-order chi connectivity index (χ0) is 31.2. The molecule has 43 heavy (non-hydrogen) atoms. The maximum absolute atomic E-state index is 12.9. The van der Waals surface area contributed by atoms with E-state index in [1.54, 1.807) is 43.3 Å². The van der Waals surface area contributed by atoms with Crippen molar-refractivity contribution in [2.45, 2.75) is 43.7 Å². The number of carbonyl (C=O) groups is 1. The zero-order valence-corrected chi connectivity index (χ0v) is 24.2. The normalized spacial score (nSPS) is 16.4. The minimum atomic E-state index is -4.42. The molecule has 3 aromatic rings. The van der Waals surface area contributed by atoms with Gasteiger partial charge in [0.05, 0.1) is 28.9 Å². The standard InChI is InChI=1S/C30H32F5N3O4S/c1-2-43(40,41)27-13-5-21(6-14-27)17-36-28(39)23-7-11-25(12-8-23)38-16-15-37(19-26(38)20-42-29(31)32)18-22-3-9-24(10-4-22)30(33,34)35/h3-14,26,29H,2,15-20H2,1H3,(H,36,39). The van der Waals surface area contributed by atoms with Gasteiger partial charge in [-0.1, -0.05) is 31.2 Å². The number of rotatable bonds is 11. The smallest absolute Gasteiger partial charge is 0.364 e. The average molecular weight is 626 g/mol. The van der Waals surface area contributed by atoms with E-state index in [0.29, 0.717) is 43.0 Å². The van der Waals surface area contributed by atoms with E-state index in [-0.39, 0.29) is 29.7 Å². The van der Waals surface area contributed by atoms with Gasteiger partial charge in [-0.25, -0.2) is 8.42 Å². The van der Waals surface area contributed by atoms with Crippen molar-refractivity contribution in [3.8, 4) is 0 Å². The molecule has 1 atom stereocenters. The quantitative estimate of drug-likeness (QED) is 0.289. The molecule has 3 aromatic carbocycles. The SMILES string of the molecule is CCS(=O)(=O)c1ccc(CNC(=O)c2ccc(N3CCN(Cc4ccc(C(F)(F)F)cc4)CC3COC(F)F)cc2)cc1. The van der Waals surface area contributed by atoms with Gasteiger partial charge in [-0.15, -0.1) is 0 Å². The number of hydrogen-bond acceptors (Lipinski definition) is 6. The van der Waals surface area contributed by atoms with Crippen LogP contribution in [-0.4, -0.2) is 63.9 Å². The molecule has 0 aromatic heterocycles. The first-order valence-corrected chi connectivity index (χ1v) is 15.3. The van der Waals surface area contributed by atoms with Crippen LogP contribution in [0.15, 0.2) is 77.7 Å². The predicted octanol–water partition coefficient (Wildman–Crippen LogP) is 5.36. The first-order chi connectivity index (χ1) is 20.4. The molecule has 232 valence electrons. The van der Waals surface area contributed by atoms with Gasteiger partial charge < -0.3 is 15.0 Å². The molecule has 7 nitrogen and oxygen atoms in total. The summed E-state index contributed by atoms with van der Waals surface area (Å²) in [5, 5.41) is 2.79. The Balaban J connectivity index is 1.37. The number of anilines is 1. The van der Waals surface area contributed by atoms with Crippen molar-refractivity contribution in [2.75, 3.05) is 36.9 Å². The summed E-state index contributed by atoms with van der Waals surface area (Å²) in [6.45, 7) is 0.231. The molecule has 1 N–H and O–H groups in total. The van der Waals surface area contributed by atoms with Gasteiger partial charge in [0.2, 0.25) is 0 Å². The lowest BCUT2D eigenvalue weighted by Gasteiger charge is -2.42. The molecule has 13 heteroatoms. The molecule has 1 fully saturated rings. The number of hydrogen-bond donors (Lipinski definition) is 1. The van der Waals surface area contributed by atoms with Crippen molar-refractivity contribution in [3.63, 3.8) is 0 Å². The lowest BCUT2D eigenvalue weighted by atomic mass is 10.1. The van der Waals surface area contributed by atoms with Crippen LogP contribution in [0.5, 0.6) is 0 Å². The van der Waals surface area contributed by atoms with Crippen molar-refractivity contribution in [1.29, 1.82) is 0 Å². The molecular formula is C30H32F5N3O4S. The third kappa shape index (κ3) is 8.74. The third-order valence-electron chi connectivity index (χ3n) is 7.25. The van der Waals surface area contributed by atoms with Gasteiger partial charge in [-0.05, 0) is 59.7 Å². The highest BCUT2D eigenvalue weighted by atomic mass is 32.2. The van der Waals surface area contributed by atoms with E-state index in [9.17, 15) is 35.2 Å². The van der Waals surface area contributed by atoms with Crippen molar-refractivity contribution in [2.24, 2.45) is 0 Å². The van der Waals surface area contributed by atoms with E-state index in [1.807, 2.05) is 9.80 Å². The Morgan fingerprint density at radius 2 is 1.58 bits per heavy atom. The van der Waals surface area contributed by atoms with Crippen LogP contribution in [0.1, 0.15) is 34.0 Å². The van der Waals surface area contributed by atoms with Crippen LogP contribution in [-0.2, 0) is 33.8 Å². The number of carbonyl (C=O) groups excluding carboxylic acids is 1.